The first-order valence-electron chi connectivity index (χ1n) is 7.78. The third-order valence-electron chi connectivity index (χ3n) is 3.71. The van der Waals surface area contributed by atoms with Gasteiger partial charge in [-0.3, -0.25) is 0 Å². The average Bonchev–Trinajstić information content (AvgIpc) is 2.49. The van der Waals surface area contributed by atoms with Crippen molar-refractivity contribution in [2.75, 3.05) is 6.54 Å². The van der Waals surface area contributed by atoms with Crippen molar-refractivity contribution in [1.82, 2.24) is 15.5 Å². The number of aryl methyl sites for hydroxylation is 3. The zero-order valence-corrected chi connectivity index (χ0v) is 13.5. The minimum Gasteiger partial charge on any atom is -0.306 e. The van der Waals surface area contributed by atoms with Crippen molar-refractivity contribution in [1.29, 1.82) is 0 Å². The van der Waals surface area contributed by atoms with Crippen LogP contribution in [0.15, 0.2) is 30.3 Å². The van der Waals surface area contributed by atoms with Gasteiger partial charge in [0.15, 0.2) is 0 Å². The number of aromatic nitrogens is 2. The average molecular weight is 283 g/mol. The molecule has 3 nitrogen and oxygen atoms in total. The summed E-state index contributed by atoms with van der Waals surface area (Å²) >= 11 is 0. The Morgan fingerprint density at radius 1 is 1.05 bits per heavy atom. The van der Waals surface area contributed by atoms with Gasteiger partial charge in [0.2, 0.25) is 0 Å². The summed E-state index contributed by atoms with van der Waals surface area (Å²) in [4.78, 5) is 0. The number of hydrogen-bond acceptors (Lipinski definition) is 3. The fourth-order valence-electron chi connectivity index (χ4n) is 2.64. The summed E-state index contributed by atoms with van der Waals surface area (Å²) in [5.41, 5.74) is 5.85. The third kappa shape index (κ3) is 3.88. The Labute approximate surface area is 127 Å². The van der Waals surface area contributed by atoms with Crippen molar-refractivity contribution in [2.45, 2.75) is 46.6 Å². The minimum atomic E-state index is 0.180. The predicted octanol–water partition coefficient (Wildman–Crippen LogP) is 3.74. The fraction of sp³-hybridized carbons (Fsp3) is 0.444. The lowest BCUT2D eigenvalue weighted by Crippen LogP contribution is -2.23. The van der Waals surface area contributed by atoms with E-state index in [4.69, 9.17) is 0 Å². The highest BCUT2D eigenvalue weighted by molar-refractivity contribution is 5.35. The van der Waals surface area contributed by atoms with Gasteiger partial charge in [0.1, 0.15) is 0 Å². The first kappa shape index (κ1) is 15.6. The molecular formula is C18H25N3. The highest BCUT2D eigenvalue weighted by atomic mass is 15.1. The molecule has 0 saturated carbocycles. The maximum Gasteiger partial charge on any atom is 0.0651 e. The lowest BCUT2D eigenvalue weighted by atomic mass is 9.96. The van der Waals surface area contributed by atoms with Crippen LogP contribution in [0.4, 0.5) is 0 Å². The molecule has 1 unspecified atom stereocenters. The molecule has 1 aromatic carbocycles. The van der Waals surface area contributed by atoms with E-state index in [1.165, 1.54) is 23.1 Å². The van der Waals surface area contributed by atoms with Crippen molar-refractivity contribution >= 4 is 0 Å². The first-order chi connectivity index (χ1) is 10.2. The zero-order valence-electron chi connectivity index (χ0n) is 13.5. The fourth-order valence-corrected chi connectivity index (χ4v) is 2.64. The molecule has 3 heteroatoms. The van der Waals surface area contributed by atoms with Crippen LogP contribution in [-0.2, 0) is 6.42 Å². The van der Waals surface area contributed by atoms with Crippen molar-refractivity contribution < 1.29 is 0 Å². The van der Waals surface area contributed by atoms with Gasteiger partial charge < -0.3 is 5.32 Å². The molecule has 0 saturated heterocycles. The highest BCUT2D eigenvalue weighted by Crippen LogP contribution is 2.24. The van der Waals surface area contributed by atoms with E-state index in [9.17, 15) is 0 Å². The van der Waals surface area contributed by atoms with E-state index in [2.05, 4.69) is 59.7 Å². The van der Waals surface area contributed by atoms with Crippen LogP contribution in [0, 0.1) is 13.8 Å². The van der Waals surface area contributed by atoms with Gasteiger partial charge in [0.25, 0.3) is 0 Å². The maximum atomic E-state index is 4.26. The lowest BCUT2D eigenvalue weighted by molar-refractivity contribution is 0.620. The molecular weight excluding hydrogens is 258 g/mol. The summed E-state index contributed by atoms with van der Waals surface area (Å²) in [6.45, 7) is 9.28. The molecule has 112 valence electrons. The molecule has 1 N–H and O–H groups in total. The van der Waals surface area contributed by atoms with Gasteiger partial charge in [-0.2, -0.15) is 10.2 Å². The second-order valence-corrected chi connectivity index (χ2v) is 5.51. The van der Waals surface area contributed by atoms with E-state index in [0.717, 1.165) is 24.4 Å². The van der Waals surface area contributed by atoms with Gasteiger partial charge in [-0.25, -0.2) is 0 Å². The Bertz CT molecular complexity index is 576. The van der Waals surface area contributed by atoms with Gasteiger partial charge >= 0.3 is 0 Å². The van der Waals surface area contributed by atoms with Crippen molar-refractivity contribution in [3.05, 3.63) is 58.4 Å². The molecule has 0 radical (unpaired) electrons. The maximum absolute atomic E-state index is 4.26. The zero-order chi connectivity index (χ0) is 15.2. The summed E-state index contributed by atoms with van der Waals surface area (Å²) in [6.07, 6.45) is 2.32. The minimum absolute atomic E-state index is 0.180. The standard InChI is InChI=1S/C18H25N3/c1-5-7-15-8-10-16(11-9-15)18(19-6-2)17-12-13(3)20-21-14(17)4/h8-12,18-19H,5-7H2,1-4H3. The van der Waals surface area contributed by atoms with E-state index in [1.54, 1.807) is 0 Å². The monoisotopic (exact) mass is 283 g/mol. The Hall–Kier alpha value is -1.74. The summed E-state index contributed by atoms with van der Waals surface area (Å²) in [7, 11) is 0. The SMILES string of the molecule is CCCc1ccc(C(NCC)c2cc(C)nnc2C)cc1. The Morgan fingerprint density at radius 3 is 2.38 bits per heavy atom. The molecule has 2 aromatic rings. The Balaban J connectivity index is 2.35. The van der Waals surface area contributed by atoms with Crippen molar-refractivity contribution in [3.8, 4) is 0 Å². The highest BCUT2D eigenvalue weighted by Gasteiger charge is 2.16. The number of nitrogens with zero attached hydrogens (tertiary/aromatic N) is 2. The summed E-state index contributed by atoms with van der Waals surface area (Å²) in [5.74, 6) is 0. The molecule has 0 aliphatic heterocycles. The molecule has 21 heavy (non-hydrogen) atoms. The molecule has 0 aliphatic rings. The second kappa shape index (κ2) is 7.32. The van der Waals surface area contributed by atoms with Gasteiger partial charge in [0, 0.05) is 0 Å². The van der Waals surface area contributed by atoms with Crippen LogP contribution < -0.4 is 5.32 Å². The van der Waals surface area contributed by atoms with E-state index < -0.39 is 0 Å². The van der Waals surface area contributed by atoms with E-state index in [1.807, 2.05) is 13.8 Å². The van der Waals surface area contributed by atoms with E-state index in [-0.39, 0.29) is 6.04 Å². The molecule has 0 aliphatic carbocycles. The molecule has 1 heterocycles. The lowest BCUT2D eigenvalue weighted by Gasteiger charge is -2.21. The van der Waals surface area contributed by atoms with Gasteiger partial charge in [0.05, 0.1) is 17.4 Å². The number of rotatable bonds is 6. The Kier molecular flexibility index (Phi) is 5.45. The predicted molar refractivity (Wildman–Crippen MR) is 87.5 cm³/mol. The Morgan fingerprint density at radius 2 is 1.76 bits per heavy atom. The van der Waals surface area contributed by atoms with Crippen LogP contribution in [0.1, 0.15) is 54.4 Å². The molecule has 2 rings (SSSR count). The van der Waals surface area contributed by atoms with Crippen LogP contribution in [-0.4, -0.2) is 16.7 Å². The third-order valence-corrected chi connectivity index (χ3v) is 3.71. The molecule has 0 bridgehead atoms. The van der Waals surface area contributed by atoms with Crippen LogP contribution in [0.25, 0.3) is 0 Å². The van der Waals surface area contributed by atoms with Gasteiger partial charge in [-0.1, -0.05) is 44.5 Å². The number of nitrogens with one attached hydrogen (secondary N) is 1. The number of hydrogen-bond donors (Lipinski definition) is 1. The van der Waals surface area contributed by atoms with Crippen LogP contribution in [0.3, 0.4) is 0 Å². The molecule has 0 amide bonds. The molecule has 1 atom stereocenters. The first-order valence-corrected chi connectivity index (χ1v) is 7.78. The molecule has 1 aromatic heterocycles. The summed E-state index contributed by atoms with van der Waals surface area (Å²) in [6, 6.07) is 11.2. The molecule has 0 fully saturated rings. The second-order valence-electron chi connectivity index (χ2n) is 5.51. The van der Waals surface area contributed by atoms with Gasteiger partial charge in [-0.15, -0.1) is 0 Å². The molecule has 0 spiro atoms. The summed E-state index contributed by atoms with van der Waals surface area (Å²) < 4.78 is 0. The van der Waals surface area contributed by atoms with Crippen LogP contribution in [0.5, 0.6) is 0 Å². The van der Waals surface area contributed by atoms with Crippen LogP contribution >= 0.6 is 0 Å². The van der Waals surface area contributed by atoms with E-state index in [0.29, 0.717) is 0 Å². The van der Waals surface area contributed by atoms with E-state index >= 15 is 0 Å². The van der Waals surface area contributed by atoms with Crippen molar-refractivity contribution in [2.24, 2.45) is 0 Å². The van der Waals surface area contributed by atoms with Crippen LogP contribution in [0.2, 0.25) is 0 Å². The topological polar surface area (TPSA) is 37.8 Å². The van der Waals surface area contributed by atoms with Crippen molar-refractivity contribution in [3.63, 3.8) is 0 Å². The normalized spacial score (nSPS) is 12.4. The van der Waals surface area contributed by atoms with Gasteiger partial charge in [-0.05, 0) is 49.6 Å². The number of benzene rings is 1. The smallest absolute Gasteiger partial charge is 0.0651 e. The summed E-state index contributed by atoms with van der Waals surface area (Å²) in [5, 5.41) is 12.0. The quantitative estimate of drug-likeness (QED) is 0.877. The largest absolute Gasteiger partial charge is 0.306 e.